The van der Waals surface area contributed by atoms with Crippen LogP contribution in [-0.4, -0.2) is 55.9 Å². The molecule has 5 nitrogen and oxygen atoms in total. The number of rotatable bonds is 7. The van der Waals surface area contributed by atoms with E-state index in [2.05, 4.69) is 10.3 Å². The van der Waals surface area contributed by atoms with Gasteiger partial charge in [0.15, 0.2) is 5.96 Å². The van der Waals surface area contributed by atoms with Crippen LogP contribution in [0.15, 0.2) is 53.5 Å². The largest absolute Gasteiger partial charge is 0.416 e. The van der Waals surface area contributed by atoms with E-state index in [4.69, 9.17) is 0 Å². The zero-order chi connectivity index (χ0) is 23.0. The van der Waals surface area contributed by atoms with E-state index in [0.717, 1.165) is 23.3 Å². The van der Waals surface area contributed by atoms with E-state index in [0.29, 0.717) is 37.6 Å². The first-order valence-corrected chi connectivity index (χ1v) is 10.1. The normalized spacial score (nSPS) is 11.5. The topological polar surface area (TPSA) is 47.9 Å². The zero-order valence-electron chi connectivity index (χ0n) is 18.7. The average molecular weight is 562 g/mol. The van der Waals surface area contributed by atoms with Crippen LogP contribution in [0.4, 0.5) is 13.2 Å². The van der Waals surface area contributed by atoms with Gasteiger partial charge in [0.2, 0.25) is 0 Å². The number of halogens is 4. The van der Waals surface area contributed by atoms with Crippen LogP contribution < -0.4 is 5.32 Å². The first kappa shape index (κ1) is 27.7. The minimum absolute atomic E-state index is 0. The molecule has 0 aliphatic carbocycles. The van der Waals surface area contributed by atoms with Gasteiger partial charge in [0.25, 0.3) is 5.91 Å². The molecular weight excluding hydrogens is 532 g/mol. The minimum Gasteiger partial charge on any atom is -0.357 e. The maximum absolute atomic E-state index is 12.7. The monoisotopic (exact) mass is 562 g/mol. The van der Waals surface area contributed by atoms with Crippen LogP contribution in [-0.2, 0) is 19.1 Å². The summed E-state index contributed by atoms with van der Waals surface area (Å²) in [6, 6.07) is 12.6. The van der Waals surface area contributed by atoms with Crippen LogP contribution in [0.2, 0.25) is 0 Å². The van der Waals surface area contributed by atoms with Crippen LogP contribution >= 0.6 is 24.0 Å². The van der Waals surface area contributed by atoms with Crippen molar-refractivity contribution in [3.63, 3.8) is 0 Å². The van der Waals surface area contributed by atoms with E-state index < -0.39 is 11.7 Å². The second-order valence-electron chi connectivity index (χ2n) is 7.44. The summed E-state index contributed by atoms with van der Waals surface area (Å²) in [5.41, 5.74) is 1.75. The van der Waals surface area contributed by atoms with Gasteiger partial charge in [0.1, 0.15) is 0 Å². The van der Waals surface area contributed by atoms with E-state index in [9.17, 15) is 18.0 Å². The lowest BCUT2D eigenvalue weighted by atomic mass is 10.1. The van der Waals surface area contributed by atoms with Crippen LogP contribution in [0.5, 0.6) is 0 Å². The SMILES string of the molecule is CCNC(=NCCc1cccc(C(=O)N(C)C)c1)N(C)Cc1ccc(C(F)(F)F)cc1.I. The Hall–Kier alpha value is -2.30. The molecular formula is C23H30F3IN4O. The third-order valence-electron chi connectivity index (χ3n) is 4.64. The Bertz CT molecular complexity index is 899. The lowest BCUT2D eigenvalue weighted by molar-refractivity contribution is -0.137. The predicted octanol–water partition coefficient (Wildman–Crippen LogP) is 4.67. The van der Waals surface area contributed by atoms with Crippen LogP contribution in [0.25, 0.3) is 0 Å². The van der Waals surface area contributed by atoms with E-state index in [1.54, 1.807) is 20.2 Å². The number of alkyl halides is 3. The lowest BCUT2D eigenvalue weighted by Gasteiger charge is -2.22. The van der Waals surface area contributed by atoms with Crippen molar-refractivity contribution in [2.45, 2.75) is 26.1 Å². The third-order valence-corrected chi connectivity index (χ3v) is 4.64. The Labute approximate surface area is 204 Å². The van der Waals surface area contributed by atoms with Crippen molar-refractivity contribution in [1.29, 1.82) is 0 Å². The number of nitrogens with one attached hydrogen (secondary N) is 1. The van der Waals surface area contributed by atoms with Crippen molar-refractivity contribution in [1.82, 2.24) is 15.1 Å². The van der Waals surface area contributed by atoms with Crippen molar-refractivity contribution in [3.05, 3.63) is 70.8 Å². The van der Waals surface area contributed by atoms with Crippen molar-refractivity contribution in [2.75, 3.05) is 34.2 Å². The van der Waals surface area contributed by atoms with Crippen molar-refractivity contribution < 1.29 is 18.0 Å². The molecule has 176 valence electrons. The molecule has 2 rings (SSSR count). The summed E-state index contributed by atoms with van der Waals surface area (Å²) < 4.78 is 38.2. The van der Waals surface area contributed by atoms with E-state index >= 15 is 0 Å². The first-order valence-electron chi connectivity index (χ1n) is 10.1. The van der Waals surface area contributed by atoms with Crippen LogP contribution in [0.3, 0.4) is 0 Å². The summed E-state index contributed by atoms with van der Waals surface area (Å²) in [6.45, 7) is 3.57. The van der Waals surface area contributed by atoms with Gasteiger partial charge in [-0.2, -0.15) is 13.2 Å². The average Bonchev–Trinajstić information content (AvgIpc) is 2.72. The van der Waals surface area contributed by atoms with Crippen LogP contribution in [0.1, 0.15) is 34.0 Å². The van der Waals surface area contributed by atoms with Gasteiger partial charge in [-0.25, -0.2) is 0 Å². The molecule has 2 aromatic rings. The fourth-order valence-corrected chi connectivity index (χ4v) is 3.03. The van der Waals surface area contributed by atoms with Crippen molar-refractivity contribution in [2.24, 2.45) is 4.99 Å². The summed E-state index contributed by atoms with van der Waals surface area (Å²) >= 11 is 0. The Balaban J connectivity index is 0.00000512. The number of carbonyl (C=O) groups excluding carboxylic acids is 1. The maximum Gasteiger partial charge on any atom is 0.416 e. The molecule has 0 aliphatic rings. The molecule has 0 spiro atoms. The fraction of sp³-hybridized carbons (Fsp3) is 0.391. The smallest absolute Gasteiger partial charge is 0.357 e. The Morgan fingerprint density at radius 1 is 1.03 bits per heavy atom. The predicted molar refractivity (Wildman–Crippen MR) is 132 cm³/mol. The highest BCUT2D eigenvalue weighted by molar-refractivity contribution is 14.0. The number of carbonyl (C=O) groups is 1. The van der Waals surface area contributed by atoms with E-state index in [1.807, 2.05) is 37.1 Å². The van der Waals surface area contributed by atoms with Gasteiger partial charge < -0.3 is 15.1 Å². The van der Waals surface area contributed by atoms with E-state index in [1.165, 1.54) is 17.0 Å². The standard InChI is InChI=1S/C23H29F3N4O.HI/c1-5-27-22(30(4)16-18-9-11-20(12-10-18)23(24,25)26)28-14-13-17-7-6-8-19(15-17)21(31)29(2)3;/h6-12,15H,5,13-14,16H2,1-4H3,(H,27,28);1H. The molecule has 2 aromatic carbocycles. The Morgan fingerprint density at radius 3 is 2.25 bits per heavy atom. The number of aliphatic imine (C=N–C) groups is 1. The molecule has 32 heavy (non-hydrogen) atoms. The molecule has 0 saturated carbocycles. The van der Waals surface area contributed by atoms with Gasteiger partial charge in [-0.3, -0.25) is 9.79 Å². The molecule has 0 aromatic heterocycles. The van der Waals surface area contributed by atoms with E-state index in [-0.39, 0.29) is 29.9 Å². The number of hydrogen-bond acceptors (Lipinski definition) is 2. The van der Waals surface area contributed by atoms with Crippen LogP contribution in [0, 0.1) is 0 Å². The molecule has 0 saturated heterocycles. The summed E-state index contributed by atoms with van der Waals surface area (Å²) in [7, 11) is 5.28. The van der Waals surface area contributed by atoms with Gasteiger partial charge >= 0.3 is 6.18 Å². The lowest BCUT2D eigenvalue weighted by Crippen LogP contribution is -2.38. The second-order valence-corrected chi connectivity index (χ2v) is 7.44. The molecule has 1 N–H and O–H groups in total. The molecule has 0 unspecified atom stereocenters. The first-order chi connectivity index (χ1) is 14.6. The highest BCUT2D eigenvalue weighted by Gasteiger charge is 2.29. The molecule has 9 heteroatoms. The summed E-state index contributed by atoms with van der Waals surface area (Å²) in [4.78, 5) is 20.2. The molecule has 1 amide bonds. The molecule has 0 radical (unpaired) electrons. The Morgan fingerprint density at radius 2 is 1.69 bits per heavy atom. The molecule has 0 aliphatic heterocycles. The molecule has 0 heterocycles. The maximum atomic E-state index is 12.7. The summed E-state index contributed by atoms with van der Waals surface area (Å²) in [5, 5.41) is 3.20. The number of guanidine groups is 1. The quantitative estimate of drug-likeness (QED) is 0.304. The highest BCUT2D eigenvalue weighted by atomic mass is 127. The summed E-state index contributed by atoms with van der Waals surface area (Å²) in [5.74, 6) is 0.623. The number of benzene rings is 2. The Kier molecular flexibility index (Phi) is 11.0. The van der Waals surface area contributed by atoms with Gasteiger partial charge in [-0.1, -0.05) is 24.3 Å². The minimum atomic E-state index is -4.34. The number of amides is 1. The van der Waals surface area contributed by atoms with Gasteiger partial charge in [-0.15, -0.1) is 24.0 Å². The van der Waals surface area contributed by atoms with Gasteiger partial charge in [0, 0.05) is 46.3 Å². The highest BCUT2D eigenvalue weighted by Crippen LogP contribution is 2.29. The van der Waals surface area contributed by atoms with Crippen molar-refractivity contribution in [3.8, 4) is 0 Å². The second kappa shape index (κ2) is 12.7. The van der Waals surface area contributed by atoms with Gasteiger partial charge in [0.05, 0.1) is 5.56 Å². The fourth-order valence-electron chi connectivity index (χ4n) is 3.03. The molecule has 0 bridgehead atoms. The van der Waals surface area contributed by atoms with Crippen molar-refractivity contribution >= 4 is 35.8 Å². The number of nitrogens with zero attached hydrogens (tertiary/aromatic N) is 3. The summed E-state index contributed by atoms with van der Waals surface area (Å²) in [6.07, 6.45) is -3.67. The third kappa shape index (κ3) is 8.33. The molecule has 0 atom stereocenters. The van der Waals surface area contributed by atoms with Gasteiger partial charge in [-0.05, 0) is 48.7 Å². The number of hydrogen-bond donors (Lipinski definition) is 1. The zero-order valence-corrected chi connectivity index (χ0v) is 21.1. The molecule has 0 fully saturated rings.